The lowest BCUT2D eigenvalue weighted by atomic mass is 10.2. The van der Waals surface area contributed by atoms with E-state index in [1.165, 1.54) is 17.8 Å². The number of hydrogen-bond donors (Lipinski definition) is 1. The number of ether oxygens (including phenoxy) is 1. The first-order chi connectivity index (χ1) is 15.6. The first kappa shape index (κ1) is 21.9. The van der Waals surface area contributed by atoms with E-state index >= 15 is 0 Å². The summed E-state index contributed by atoms with van der Waals surface area (Å²) in [5.74, 6) is 2.32. The third-order valence-corrected chi connectivity index (χ3v) is 6.17. The summed E-state index contributed by atoms with van der Waals surface area (Å²) in [5, 5.41) is 0.503. The number of methoxy groups -OCH3 is 1. The lowest BCUT2D eigenvalue weighted by molar-refractivity contribution is -0.130. The van der Waals surface area contributed by atoms with E-state index in [2.05, 4.69) is 19.9 Å². The number of H-pyrrole nitrogens is 1. The summed E-state index contributed by atoms with van der Waals surface area (Å²) >= 11 is 1.42. The average Bonchev–Trinajstić information content (AvgIpc) is 2.83. The van der Waals surface area contributed by atoms with Gasteiger partial charge in [-0.1, -0.05) is 30.0 Å². The number of nitrogens with one attached hydrogen (secondary N) is 1. The van der Waals surface area contributed by atoms with Crippen molar-refractivity contribution in [1.82, 2.24) is 19.9 Å². The molecule has 1 saturated heterocycles. The van der Waals surface area contributed by atoms with Crippen molar-refractivity contribution >= 4 is 23.5 Å². The Balaban J connectivity index is 1.34. The quantitative estimate of drug-likeness (QED) is 0.436. The van der Waals surface area contributed by atoms with Gasteiger partial charge in [-0.2, -0.15) is 0 Å². The second-order valence-corrected chi connectivity index (χ2v) is 8.38. The third-order valence-electron chi connectivity index (χ3n) is 5.22. The van der Waals surface area contributed by atoms with Crippen molar-refractivity contribution in [3.05, 3.63) is 76.3 Å². The maximum atomic E-state index is 12.8. The molecule has 0 spiro atoms. The van der Waals surface area contributed by atoms with Gasteiger partial charge in [-0.05, 0) is 29.8 Å². The fourth-order valence-electron chi connectivity index (χ4n) is 3.55. The molecule has 0 saturated carbocycles. The van der Waals surface area contributed by atoms with Gasteiger partial charge in [0.15, 0.2) is 5.16 Å². The molecule has 0 radical (unpaired) electrons. The molecule has 0 aliphatic carbocycles. The van der Waals surface area contributed by atoms with Crippen LogP contribution in [0.4, 0.5) is 5.82 Å². The molecular weight excluding hydrogens is 426 g/mol. The molecule has 9 heteroatoms. The minimum atomic E-state index is -0.254. The number of amides is 1. The second kappa shape index (κ2) is 10.3. The average molecular weight is 452 g/mol. The molecule has 1 amide bonds. The van der Waals surface area contributed by atoms with Gasteiger partial charge >= 0.3 is 0 Å². The number of pyridine rings is 1. The van der Waals surface area contributed by atoms with Crippen LogP contribution >= 0.6 is 11.8 Å². The van der Waals surface area contributed by atoms with Crippen molar-refractivity contribution in [2.75, 3.05) is 38.2 Å². The predicted molar refractivity (Wildman–Crippen MR) is 124 cm³/mol. The summed E-state index contributed by atoms with van der Waals surface area (Å²) in [7, 11) is 1.63. The zero-order valence-corrected chi connectivity index (χ0v) is 18.7. The van der Waals surface area contributed by atoms with E-state index in [0.29, 0.717) is 29.7 Å². The van der Waals surface area contributed by atoms with E-state index in [-0.39, 0.29) is 17.9 Å². The van der Waals surface area contributed by atoms with Crippen molar-refractivity contribution in [1.29, 1.82) is 0 Å². The van der Waals surface area contributed by atoms with Gasteiger partial charge in [-0.3, -0.25) is 9.59 Å². The van der Waals surface area contributed by atoms with Gasteiger partial charge < -0.3 is 19.5 Å². The number of aromatic amines is 1. The van der Waals surface area contributed by atoms with Gasteiger partial charge in [-0.15, -0.1) is 0 Å². The van der Waals surface area contributed by atoms with Crippen LogP contribution in [0.3, 0.4) is 0 Å². The largest absolute Gasteiger partial charge is 0.497 e. The maximum absolute atomic E-state index is 12.8. The summed E-state index contributed by atoms with van der Waals surface area (Å²) < 4.78 is 5.25. The molecule has 2 aromatic heterocycles. The van der Waals surface area contributed by atoms with Crippen molar-refractivity contribution < 1.29 is 9.53 Å². The molecule has 32 heavy (non-hydrogen) atoms. The van der Waals surface area contributed by atoms with Crippen molar-refractivity contribution in [2.45, 2.75) is 17.3 Å². The molecule has 3 heterocycles. The van der Waals surface area contributed by atoms with Crippen LogP contribution in [-0.2, 0) is 17.0 Å². The Morgan fingerprint density at radius 2 is 1.97 bits per heavy atom. The number of benzene rings is 1. The second-order valence-electron chi connectivity index (χ2n) is 7.41. The standard InChI is InChI=1S/C23H25N5O3S/c1-31-19-6-4-5-17(13-19)16-32-23-25-18(14-21(29)26-23)15-22(30)28-11-9-27(10-12-28)20-7-2-3-8-24-20/h2-8,13-14H,9-12,15-16H2,1H3,(H,25,26,29). The lowest BCUT2D eigenvalue weighted by Gasteiger charge is -2.35. The molecular formula is C23H25N5O3S. The topological polar surface area (TPSA) is 91.4 Å². The number of hydrogen-bond acceptors (Lipinski definition) is 7. The highest BCUT2D eigenvalue weighted by molar-refractivity contribution is 7.98. The van der Waals surface area contributed by atoms with E-state index in [1.54, 1.807) is 13.3 Å². The lowest BCUT2D eigenvalue weighted by Crippen LogP contribution is -2.49. The zero-order chi connectivity index (χ0) is 22.3. The SMILES string of the molecule is COc1cccc(CSc2nc(CC(=O)N3CCN(c4ccccn4)CC3)cc(=O)[nH]2)c1. The fraction of sp³-hybridized carbons (Fsp3) is 0.304. The number of thioether (sulfide) groups is 1. The molecule has 166 valence electrons. The molecule has 4 rings (SSSR count). The van der Waals surface area contributed by atoms with Crippen LogP contribution in [0.25, 0.3) is 0 Å². The molecule has 3 aromatic rings. The van der Waals surface area contributed by atoms with E-state index < -0.39 is 0 Å². The summed E-state index contributed by atoms with van der Waals surface area (Å²) in [6.45, 7) is 2.70. The molecule has 0 unspecified atom stereocenters. The zero-order valence-electron chi connectivity index (χ0n) is 17.9. The summed E-state index contributed by atoms with van der Waals surface area (Å²) in [4.78, 5) is 40.5. The van der Waals surface area contributed by atoms with Gasteiger partial charge in [0, 0.05) is 44.2 Å². The first-order valence-corrected chi connectivity index (χ1v) is 11.4. The molecule has 1 N–H and O–H groups in total. The van der Waals surface area contributed by atoms with E-state index in [4.69, 9.17) is 4.74 Å². The van der Waals surface area contributed by atoms with E-state index in [1.807, 2.05) is 47.4 Å². The van der Waals surface area contributed by atoms with Gasteiger partial charge in [0.2, 0.25) is 5.91 Å². The molecule has 1 aromatic carbocycles. The number of piperazine rings is 1. The van der Waals surface area contributed by atoms with Crippen LogP contribution in [-0.4, -0.2) is 59.0 Å². The molecule has 1 aliphatic rings. The number of nitrogens with zero attached hydrogens (tertiary/aromatic N) is 4. The Morgan fingerprint density at radius 1 is 1.12 bits per heavy atom. The van der Waals surface area contributed by atoms with Crippen molar-refractivity contribution in [2.24, 2.45) is 0 Å². The molecule has 0 bridgehead atoms. The van der Waals surface area contributed by atoms with Crippen LogP contribution < -0.4 is 15.2 Å². The highest BCUT2D eigenvalue weighted by Gasteiger charge is 2.22. The Hall–Kier alpha value is -3.33. The van der Waals surface area contributed by atoms with Crippen molar-refractivity contribution in [3.8, 4) is 5.75 Å². The number of aromatic nitrogens is 3. The smallest absolute Gasteiger partial charge is 0.251 e. The van der Waals surface area contributed by atoms with Crippen LogP contribution in [0.2, 0.25) is 0 Å². The van der Waals surface area contributed by atoms with Crippen LogP contribution in [0.1, 0.15) is 11.3 Å². The van der Waals surface area contributed by atoms with Crippen LogP contribution in [0, 0.1) is 0 Å². The number of carbonyl (C=O) groups is 1. The maximum Gasteiger partial charge on any atom is 0.251 e. The van der Waals surface area contributed by atoms with Gasteiger partial charge in [0.1, 0.15) is 11.6 Å². The summed E-state index contributed by atoms with van der Waals surface area (Å²) in [6, 6.07) is 15.0. The fourth-order valence-corrected chi connectivity index (χ4v) is 4.39. The minimum Gasteiger partial charge on any atom is -0.497 e. The number of rotatable bonds is 7. The van der Waals surface area contributed by atoms with Gasteiger partial charge in [-0.25, -0.2) is 9.97 Å². The minimum absolute atomic E-state index is 0.0208. The summed E-state index contributed by atoms with van der Waals surface area (Å²) in [6.07, 6.45) is 1.88. The molecule has 1 fully saturated rings. The number of anilines is 1. The molecule has 8 nitrogen and oxygen atoms in total. The van der Waals surface area contributed by atoms with Crippen LogP contribution in [0.5, 0.6) is 5.75 Å². The number of carbonyl (C=O) groups excluding carboxylic acids is 1. The Morgan fingerprint density at radius 3 is 2.72 bits per heavy atom. The molecule has 0 atom stereocenters. The normalized spacial score (nSPS) is 13.8. The first-order valence-electron chi connectivity index (χ1n) is 10.4. The highest BCUT2D eigenvalue weighted by Crippen LogP contribution is 2.21. The Bertz CT molecular complexity index is 1110. The Labute approximate surface area is 190 Å². The van der Waals surface area contributed by atoms with Gasteiger partial charge in [0.05, 0.1) is 19.2 Å². The van der Waals surface area contributed by atoms with Crippen molar-refractivity contribution in [3.63, 3.8) is 0 Å². The van der Waals surface area contributed by atoms with E-state index in [9.17, 15) is 9.59 Å². The van der Waals surface area contributed by atoms with Gasteiger partial charge in [0.25, 0.3) is 5.56 Å². The summed E-state index contributed by atoms with van der Waals surface area (Å²) in [5.41, 5.74) is 1.29. The Kier molecular flexibility index (Phi) is 7.06. The van der Waals surface area contributed by atoms with E-state index in [0.717, 1.165) is 30.2 Å². The monoisotopic (exact) mass is 451 g/mol. The van der Waals surface area contributed by atoms with Crippen LogP contribution in [0.15, 0.2) is 64.7 Å². The predicted octanol–water partition coefficient (Wildman–Crippen LogP) is 2.36. The molecule has 1 aliphatic heterocycles. The highest BCUT2D eigenvalue weighted by atomic mass is 32.2. The third kappa shape index (κ3) is 5.67.